The van der Waals surface area contributed by atoms with Crippen LogP contribution in [0.4, 0.5) is 5.69 Å². The molecular formula is C14H22N2O3S. The van der Waals surface area contributed by atoms with E-state index in [1.165, 1.54) is 0 Å². The maximum Gasteiger partial charge on any atom is 0.243 e. The van der Waals surface area contributed by atoms with Crippen LogP contribution < -0.4 is 10.5 Å². The van der Waals surface area contributed by atoms with Crippen LogP contribution in [-0.4, -0.2) is 25.7 Å². The molecule has 20 heavy (non-hydrogen) atoms. The van der Waals surface area contributed by atoms with Crippen LogP contribution in [0.15, 0.2) is 17.0 Å². The zero-order valence-corrected chi connectivity index (χ0v) is 12.7. The number of nitrogen functional groups attached to an aromatic ring is 1. The molecule has 0 unspecified atom stereocenters. The molecule has 0 aliphatic heterocycles. The van der Waals surface area contributed by atoms with Crippen molar-refractivity contribution in [2.75, 3.05) is 5.73 Å². The van der Waals surface area contributed by atoms with Crippen LogP contribution in [0.5, 0.6) is 0 Å². The second-order valence-corrected chi connectivity index (χ2v) is 7.16. The van der Waals surface area contributed by atoms with E-state index in [0.717, 1.165) is 18.4 Å². The van der Waals surface area contributed by atoms with Gasteiger partial charge in [0.05, 0.1) is 11.8 Å². The zero-order chi connectivity index (χ0) is 14.9. The minimum Gasteiger partial charge on any atom is -0.398 e. The molecule has 0 amide bonds. The summed E-state index contributed by atoms with van der Waals surface area (Å²) in [7, 11) is -3.71. The molecule has 1 aromatic carbocycles. The van der Waals surface area contributed by atoms with Gasteiger partial charge in [0, 0.05) is 6.04 Å². The van der Waals surface area contributed by atoms with Gasteiger partial charge in [0.2, 0.25) is 10.0 Å². The second-order valence-electron chi connectivity index (χ2n) is 5.51. The van der Waals surface area contributed by atoms with Crippen molar-refractivity contribution in [3.63, 3.8) is 0 Å². The molecule has 0 saturated heterocycles. The minimum absolute atomic E-state index is 0.135. The summed E-state index contributed by atoms with van der Waals surface area (Å²) in [6.07, 6.45) is 2.53. The monoisotopic (exact) mass is 298 g/mol. The van der Waals surface area contributed by atoms with E-state index < -0.39 is 22.2 Å². The number of nitrogens with two attached hydrogens (primary N) is 1. The lowest BCUT2D eigenvalue weighted by Gasteiger charge is -2.28. The summed E-state index contributed by atoms with van der Waals surface area (Å²) in [5.41, 5.74) is 7.61. The molecule has 5 nitrogen and oxygen atoms in total. The number of benzene rings is 1. The van der Waals surface area contributed by atoms with Gasteiger partial charge in [-0.05, 0) is 43.9 Å². The first-order valence-electron chi connectivity index (χ1n) is 6.89. The number of aryl methyl sites for hydroxylation is 1. The lowest BCUT2D eigenvalue weighted by molar-refractivity contribution is 0.101. The summed E-state index contributed by atoms with van der Waals surface area (Å²) in [4.78, 5) is 0.135. The Balaban J connectivity index is 2.33. The number of sulfonamides is 1. The van der Waals surface area contributed by atoms with Crippen molar-refractivity contribution in [2.24, 2.45) is 0 Å². The van der Waals surface area contributed by atoms with Gasteiger partial charge in [0.1, 0.15) is 4.90 Å². The summed E-state index contributed by atoms with van der Waals surface area (Å²) in [5.74, 6) is 0. The van der Waals surface area contributed by atoms with Crippen molar-refractivity contribution in [1.82, 2.24) is 4.72 Å². The topological polar surface area (TPSA) is 92.4 Å². The van der Waals surface area contributed by atoms with Gasteiger partial charge in [0.25, 0.3) is 0 Å². The highest BCUT2D eigenvalue weighted by Crippen LogP contribution is 2.27. The Hall–Kier alpha value is -1.11. The molecule has 6 heteroatoms. The SMILES string of the molecule is Cc1ccc(N)c(S(=O)(=O)N[C@@H]2CCCC[C@H]2O)c1C. The number of hydrogen-bond acceptors (Lipinski definition) is 4. The molecule has 1 fully saturated rings. The van der Waals surface area contributed by atoms with Crippen LogP contribution in [0.1, 0.15) is 36.8 Å². The zero-order valence-electron chi connectivity index (χ0n) is 11.9. The molecule has 0 heterocycles. The third-order valence-electron chi connectivity index (χ3n) is 4.01. The van der Waals surface area contributed by atoms with E-state index >= 15 is 0 Å². The molecule has 0 bridgehead atoms. The van der Waals surface area contributed by atoms with Gasteiger partial charge >= 0.3 is 0 Å². The van der Waals surface area contributed by atoms with Gasteiger partial charge in [-0.15, -0.1) is 0 Å². The highest BCUT2D eigenvalue weighted by molar-refractivity contribution is 7.89. The highest BCUT2D eigenvalue weighted by atomic mass is 32.2. The lowest BCUT2D eigenvalue weighted by Crippen LogP contribution is -2.45. The summed E-state index contributed by atoms with van der Waals surface area (Å²) in [5, 5.41) is 9.91. The molecule has 0 spiro atoms. The van der Waals surface area contributed by atoms with Crippen molar-refractivity contribution in [3.05, 3.63) is 23.3 Å². The average Bonchev–Trinajstić information content (AvgIpc) is 2.37. The van der Waals surface area contributed by atoms with Crippen molar-refractivity contribution >= 4 is 15.7 Å². The Labute approximate surface area is 120 Å². The average molecular weight is 298 g/mol. The van der Waals surface area contributed by atoms with Gasteiger partial charge in [-0.1, -0.05) is 18.9 Å². The van der Waals surface area contributed by atoms with Gasteiger partial charge < -0.3 is 10.8 Å². The summed E-state index contributed by atoms with van der Waals surface area (Å²) < 4.78 is 27.7. The van der Waals surface area contributed by atoms with E-state index in [4.69, 9.17) is 5.73 Å². The Kier molecular flexibility index (Phi) is 4.36. The van der Waals surface area contributed by atoms with Crippen LogP contribution in [0.3, 0.4) is 0 Å². The summed E-state index contributed by atoms with van der Waals surface area (Å²) in [6.45, 7) is 3.60. The third kappa shape index (κ3) is 2.97. The van der Waals surface area contributed by atoms with E-state index in [1.54, 1.807) is 19.1 Å². The predicted octanol–water partition coefficient (Wildman–Crippen LogP) is 1.47. The van der Waals surface area contributed by atoms with Gasteiger partial charge in [-0.25, -0.2) is 13.1 Å². The van der Waals surface area contributed by atoms with E-state index in [-0.39, 0.29) is 10.6 Å². The van der Waals surface area contributed by atoms with Crippen LogP contribution in [0, 0.1) is 13.8 Å². The number of hydrogen-bond donors (Lipinski definition) is 3. The van der Waals surface area contributed by atoms with Crippen molar-refractivity contribution in [1.29, 1.82) is 0 Å². The molecule has 1 aromatic rings. The van der Waals surface area contributed by atoms with Crippen LogP contribution >= 0.6 is 0 Å². The number of rotatable bonds is 3. The lowest BCUT2D eigenvalue weighted by atomic mass is 9.93. The van der Waals surface area contributed by atoms with E-state index in [0.29, 0.717) is 18.4 Å². The molecule has 112 valence electrons. The molecule has 1 saturated carbocycles. The first-order valence-corrected chi connectivity index (χ1v) is 8.37. The van der Waals surface area contributed by atoms with Crippen LogP contribution in [-0.2, 0) is 10.0 Å². The summed E-state index contributed by atoms with van der Waals surface area (Å²) >= 11 is 0. The number of aliphatic hydroxyl groups excluding tert-OH is 1. The van der Waals surface area contributed by atoms with Gasteiger partial charge in [0.15, 0.2) is 0 Å². The Morgan fingerprint density at radius 3 is 2.55 bits per heavy atom. The Bertz CT molecular complexity index is 599. The fourth-order valence-corrected chi connectivity index (χ4v) is 4.41. The summed E-state index contributed by atoms with van der Waals surface area (Å²) in [6, 6.07) is 2.99. The fraction of sp³-hybridized carbons (Fsp3) is 0.571. The maximum absolute atomic E-state index is 12.5. The predicted molar refractivity (Wildman–Crippen MR) is 78.9 cm³/mol. The first-order chi connectivity index (χ1) is 9.33. The molecule has 4 N–H and O–H groups in total. The van der Waals surface area contributed by atoms with Crippen molar-refractivity contribution in [2.45, 2.75) is 56.6 Å². The number of anilines is 1. The Morgan fingerprint density at radius 2 is 1.90 bits per heavy atom. The minimum atomic E-state index is -3.71. The fourth-order valence-electron chi connectivity index (χ4n) is 2.67. The maximum atomic E-state index is 12.5. The smallest absolute Gasteiger partial charge is 0.243 e. The quantitative estimate of drug-likeness (QED) is 0.737. The van der Waals surface area contributed by atoms with Crippen molar-refractivity contribution < 1.29 is 13.5 Å². The number of nitrogens with one attached hydrogen (secondary N) is 1. The second kappa shape index (κ2) is 5.71. The van der Waals surface area contributed by atoms with E-state index in [1.807, 2.05) is 6.92 Å². The van der Waals surface area contributed by atoms with Gasteiger partial charge in [-0.3, -0.25) is 0 Å². The Morgan fingerprint density at radius 1 is 1.25 bits per heavy atom. The number of aliphatic hydroxyl groups is 1. The standard InChI is InChI=1S/C14H22N2O3S/c1-9-7-8-11(15)14(10(9)2)20(18,19)16-12-5-3-4-6-13(12)17/h7-8,12-13,16-17H,3-6,15H2,1-2H3/t12-,13-/m1/s1. The molecule has 0 radical (unpaired) electrons. The molecule has 1 aliphatic rings. The molecule has 0 aromatic heterocycles. The van der Waals surface area contributed by atoms with E-state index in [9.17, 15) is 13.5 Å². The first kappa shape index (κ1) is 15.3. The molecular weight excluding hydrogens is 276 g/mol. The molecule has 2 atom stereocenters. The largest absolute Gasteiger partial charge is 0.398 e. The van der Waals surface area contributed by atoms with Gasteiger partial charge in [-0.2, -0.15) is 0 Å². The third-order valence-corrected chi connectivity index (χ3v) is 5.70. The van der Waals surface area contributed by atoms with Crippen LogP contribution in [0.25, 0.3) is 0 Å². The normalized spacial score (nSPS) is 23.8. The highest BCUT2D eigenvalue weighted by Gasteiger charge is 2.30. The van der Waals surface area contributed by atoms with Crippen molar-refractivity contribution in [3.8, 4) is 0 Å². The van der Waals surface area contributed by atoms with Crippen LogP contribution in [0.2, 0.25) is 0 Å². The molecule has 1 aliphatic carbocycles. The molecule has 2 rings (SSSR count). The van der Waals surface area contributed by atoms with E-state index in [2.05, 4.69) is 4.72 Å².